The standard InChI is InChI=1S/C14H23NO2/c1-5-7-12-8-11(10-16)9-13(15-12)17-14(3,4)6-2/h8-9,16H,5-7,10H2,1-4H3. The van der Waals surface area contributed by atoms with Crippen LogP contribution in [0.3, 0.4) is 0 Å². The highest BCUT2D eigenvalue weighted by atomic mass is 16.5. The number of hydrogen-bond donors (Lipinski definition) is 1. The minimum absolute atomic E-state index is 0.0299. The highest BCUT2D eigenvalue weighted by molar-refractivity contribution is 5.25. The summed E-state index contributed by atoms with van der Waals surface area (Å²) in [6.45, 7) is 8.31. The number of aliphatic hydroxyl groups excluding tert-OH is 1. The van der Waals surface area contributed by atoms with Gasteiger partial charge in [0.1, 0.15) is 5.60 Å². The molecule has 0 aliphatic carbocycles. The third-order valence-electron chi connectivity index (χ3n) is 2.84. The Kier molecular flexibility index (Phi) is 4.94. The molecule has 0 atom stereocenters. The van der Waals surface area contributed by atoms with E-state index >= 15 is 0 Å². The molecule has 1 heterocycles. The molecule has 1 rings (SSSR count). The molecular formula is C14H23NO2. The van der Waals surface area contributed by atoms with Crippen molar-refractivity contribution < 1.29 is 9.84 Å². The fourth-order valence-electron chi connectivity index (χ4n) is 1.50. The summed E-state index contributed by atoms with van der Waals surface area (Å²) in [5.41, 5.74) is 1.64. The van der Waals surface area contributed by atoms with Gasteiger partial charge in [-0.25, -0.2) is 4.98 Å². The molecule has 0 bridgehead atoms. The lowest BCUT2D eigenvalue weighted by Gasteiger charge is -2.24. The van der Waals surface area contributed by atoms with E-state index in [0.29, 0.717) is 5.88 Å². The second kappa shape index (κ2) is 6.01. The number of ether oxygens (including phenoxy) is 1. The van der Waals surface area contributed by atoms with Crippen LogP contribution >= 0.6 is 0 Å². The van der Waals surface area contributed by atoms with Crippen LogP contribution in [0.1, 0.15) is 51.8 Å². The molecule has 0 radical (unpaired) electrons. The molecule has 0 aliphatic heterocycles. The minimum Gasteiger partial charge on any atom is -0.472 e. The first kappa shape index (κ1) is 14.0. The Hall–Kier alpha value is -1.09. The smallest absolute Gasteiger partial charge is 0.214 e. The van der Waals surface area contributed by atoms with Crippen LogP contribution in [-0.4, -0.2) is 15.7 Å². The van der Waals surface area contributed by atoms with Crippen molar-refractivity contribution in [3.05, 3.63) is 23.4 Å². The first-order chi connectivity index (χ1) is 8.00. The van der Waals surface area contributed by atoms with Gasteiger partial charge in [-0.2, -0.15) is 0 Å². The van der Waals surface area contributed by atoms with Crippen LogP contribution in [0.15, 0.2) is 12.1 Å². The third-order valence-corrected chi connectivity index (χ3v) is 2.84. The summed E-state index contributed by atoms with van der Waals surface area (Å²) < 4.78 is 5.86. The molecule has 17 heavy (non-hydrogen) atoms. The summed E-state index contributed by atoms with van der Waals surface area (Å²) in [6, 6.07) is 3.76. The van der Waals surface area contributed by atoms with E-state index in [1.54, 1.807) is 0 Å². The van der Waals surface area contributed by atoms with E-state index in [2.05, 4.69) is 18.8 Å². The summed E-state index contributed by atoms with van der Waals surface area (Å²) in [5, 5.41) is 9.23. The number of aromatic nitrogens is 1. The van der Waals surface area contributed by atoms with Gasteiger partial charge in [0, 0.05) is 11.8 Å². The Morgan fingerprint density at radius 2 is 2.00 bits per heavy atom. The Morgan fingerprint density at radius 3 is 2.53 bits per heavy atom. The number of aryl methyl sites for hydroxylation is 1. The maximum atomic E-state index is 9.23. The lowest BCUT2D eigenvalue weighted by Crippen LogP contribution is -2.27. The van der Waals surface area contributed by atoms with Crippen molar-refractivity contribution >= 4 is 0 Å². The average molecular weight is 237 g/mol. The van der Waals surface area contributed by atoms with Gasteiger partial charge in [-0.1, -0.05) is 20.3 Å². The molecule has 0 unspecified atom stereocenters. The SMILES string of the molecule is CCCc1cc(CO)cc(OC(C)(C)CC)n1. The predicted molar refractivity (Wildman–Crippen MR) is 69.2 cm³/mol. The van der Waals surface area contributed by atoms with Gasteiger partial charge in [0.05, 0.1) is 6.61 Å². The van der Waals surface area contributed by atoms with Crippen LogP contribution in [0.25, 0.3) is 0 Å². The maximum absolute atomic E-state index is 9.23. The topological polar surface area (TPSA) is 42.4 Å². The lowest BCUT2D eigenvalue weighted by molar-refractivity contribution is 0.0983. The summed E-state index contributed by atoms with van der Waals surface area (Å²) >= 11 is 0. The lowest BCUT2D eigenvalue weighted by atomic mass is 10.1. The van der Waals surface area contributed by atoms with Gasteiger partial charge >= 0.3 is 0 Å². The van der Waals surface area contributed by atoms with Gasteiger partial charge in [0.2, 0.25) is 5.88 Å². The number of nitrogens with zero attached hydrogens (tertiary/aromatic N) is 1. The van der Waals surface area contributed by atoms with Crippen LogP contribution in [0, 0.1) is 0 Å². The van der Waals surface area contributed by atoms with Crippen LogP contribution in [0.4, 0.5) is 0 Å². The van der Waals surface area contributed by atoms with Gasteiger partial charge in [0.25, 0.3) is 0 Å². The minimum atomic E-state index is -0.218. The first-order valence-electron chi connectivity index (χ1n) is 6.30. The second-order valence-electron chi connectivity index (χ2n) is 4.93. The first-order valence-corrected chi connectivity index (χ1v) is 6.30. The van der Waals surface area contributed by atoms with E-state index < -0.39 is 0 Å². The van der Waals surface area contributed by atoms with Crippen LogP contribution in [0.2, 0.25) is 0 Å². The van der Waals surface area contributed by atoms with E-state index in [9.17, 15) is 5.11 Å². The molecule has 1 aromatic heterocycles. The number of aliphatic hydroxyl groups is 1. The van der Waals surface area contributed by atoms with E-state index in [-0.39, 0.29) is 12.2 Å². The van der Waals surface area contributed by atoms with Crippen LogP contribution < -0.4 is 4.74 Å². The Labute approximate surface area is 104 Å². The molecular weight excluding hydrogens is 214 g/mol. The van der Waals surface area contributed by atoms with E-state index in [1.165, 1.54) is 0 Å². The van der Waals surface area contributed by atoms with Crippen LogP contribution in [0.5, 0.6) is 5.88 Å². The van der Waals surface area contributed by atoms with E-state index in [0.717, 1.165) is 30.5 Å². The van der Waals surface area contributed by atoms with Crippen molar-refractivity contribution in [2.24, 2.45) is 0 Å². The highest BCUT2D eigenvalue weighted by Crippen LogP contribution is 2.21. The number of rotatable bonds is 6. The van der Waals surface area contributed by atoms with Gasteiger partial charge in [0.15, 0.2) is 0 Å². The molecule has 0 fully saturated rings. The molecule has 0 aliphatic rings. The molecule has 3 nitrogen and oxygen atoms in total. The van der Waals surface area contributed by atoms with Gasteiger partial charge in [-0.15, -0.1) is 0 Å². The molecule has 3 heteroatoms. The van der Waals surface area contributed by atoms with E-state index in [1.807, 2.05) is 26.0 Å². The number of hydrogen-bond acceptors (Lipinski definition) is 3. The largest absolute Gasteiger partial charge is 0.472 e. The second-order valence-corrected chi connectivity index (χ2v) is 4.93. The third kappa shape index (κ3) is 4.35. The van der Waals surface area contributed by atoms with Crippen molar-refractivity contribution in [3.63, 3.8) is 0 Å². The molecule has 0 amide bonds. The Balaban J connectivity index is 2.94. The van der Waals surface area contributed by atoms with Crippen molar-refractivity contribution in [1.29, 1.82) is 0 Å². The number of pyridine rings is 1. The van der Waals surface area contributed by atoms with Gasteiger partial charge in [-0.3, -0.25) is 0 Å². The fourth-order valence-corrected chi connectivity index (χ4v) is 1.50. The Morgan fingerprint density at radius 1 is 1.29 bits per heavy atom. The zero-order valence-electron chi connectivity index (χ0n) is 11.3. The maximum Gasteiger partial charge on any atom is 0.214 e. The summed E-state index contributed by atoms with van der Waals surface area (Å²) in [5.74, 6) is 0.617. The molecule has 0 saturated carbocycles. The van der Waals surface area contributed by atoms with Crippen molar-refractivity contribution in [1.82, 2.24) is 4.98 Å². The monoisotopic (exact) mass is 237 g/mol. The summed E-state index contributed by atoms with van der Waals surface area (Å²) in [6.07, 6.45) is 2.87. The van der Waals surface area contributed by atoms with Gasteiger partial charge in [-0.05, 0) is 38.3 Å². The normalized spacial score (nSPS) is 11.6. The average Bonchev–Trinajstić information content (AvgIpc) is 2.28. The molecule has 96 valence electrons. The van der Waals surface area contributed by atoms with Crippen LogP contribution in [-0.2, 0) is 13.0 Å². The zero-order chi connectivity index (χ0) is 12.9. The van der Waals surface area contributed by atoms with Crippen molar-refractivity contribution in [3.8, 4) is 5.88 Å². The highest BCUT2D eigenvalue weighted by Gasteiger charge is 2.18. The van der Waals surface area contributed by atoms with Crippen molar-refractivity contribution in [2.45, 2.75) is 59.2 Å². The van der Waals surface area contributed by atoms with E-state index in [4.69, 9.17) is 4.74 Å². The molecule has 0 spiro atoms. The summed E-state index contributed by atoms with van der Waals surface area (Å²) in [7, 11) is 0. The molecule has 1 aromatic rings. The predicted octanol–water partition coefficient (Wildman–Crippen LogP) is 3.09. The Bertz CT molecular complexity index is 361. The fraction of sp³-hybridized carbons (Fsp3) is 0.643. The molecule has 1 N–H and O–H groups in total. The van der Waals surface area contributed by atoms with Crippen molar-refractivity contribution in [2.75, 3.05) is 0 Å². The van der Waals surface area contributed by atoms with Gasteiger partial charge < -0.3 is 9.84 Å². The summed E-state index contributed by atoms with van der Waals surface area (Å²) in [4.78, 5) is 4.47. The molecule has 0 aromatic carbocycles. The quantitative estimate of drug-likeness (QED) is 0.826. The molecule has 0 saturated heterocycles. The zero-order valence-corrected chi connectivity index (χ0v) is 11.3.